The zero-order valence-electron chi connectivity index (χ0n) is 13.6. The van der Waals surface area contributed by atoms with Gasteiger partial charge in [-0.3, -0.25) is 4.79 Å². The van der Waals surface area contributed by atoms with Gasteiger partial charge in [-0.2, -0.15) is 0 Å². The van der Waals surface area contributed by atoms with E-state index in [2.05, 4.69) is 12.2 Å². The van der Waals surface area contributed by atoms with Gasteiger partial charge in [-0.1, -0.05) is 6.92 Å². The zero-order chi connectivity index (χ0) is 16.9. The molecule has 1 fully saturated rings. The molecule has 128 valence electrons. The van der Waals surface area contributed by atoms with Crippen LogP contribution in [0.1, 0.15) is 30.1 Å². The average molecular weight is 340 g/mol. The molecule has 0 aliphatic carbocycles. The molecular formula is C16H24N2O4S. The third-order valence-corrected chi connectivity index (χ3v) is 5.85. The molecule has 0 radical (unpaired) electrons. The number of nitrogens with zero attached hydrogens (tertiary/aromatic N) is 1. The summed E-state index contributed by atoms with van der Waals surface area (Å²) in [4.78, 5) is 12.0. The van der Waals surface area contributed by atoms with Crippen molar-refractivity contribution in [2.75, 3.05) is 32.5 Å². The number of methoxy groups -OCH3 is 1. The van der Waals surface area contributed by atoms with Crippen LogP contribution in [0.3, 0.4) is 0 Å². The summed E-state index contributed by atoms with van der Waals surface area (Å²) in [6.45, 7) is 3.33. The van der Waals surface area contributed by atoms with Crippen molar-refractivity contribution in [1.29, 1.82) is 0 Å². The van der Waals surface area contributed by atoms with Crippen molar-refractivity contribution in [2.45, 2.75) is 19.8 Å². The van der Waals surface area contributed by atoms with Crippen LogP contribution >= 0.6 is 0 Å². The van der Waals surface area contributed by atoms with Crippen molar-refractivity contribution in [2.24, 2.45) is 5.92 Å². The number of ether oxygens (including phenoxy) is 1. The standard InChI is InChI=1S/C16H24N2O4S/c1-13-4-3-10-18(12-13)23(20,21)11-9-17-16(19)14-5-7-15(22-2)8-6-14/h5-8,13H,3-4,9-12H2,1-2H3,(H,17,19). The molecule has 1 unspecified atom stereocenters. The Balaban J connectivity index is 1.84. The van der Waals surface area contributed by atoms with Crippen LogP contribution in [0.25, 0.3) is 0 Å². The third kappa shape index (κ3) is 4.94. The maximum atomic E-state index is 12.3. The number of hydrogen-bond acceptors (Lipinski definition) is 4. The van der Waals surface area contributed by atoms with E-state index < -0.39 is 10.0 Å². The molecule has 6 nitrogen and oxygen atoms in total. The molecule has 1 atom stereocenters. The lowest BCUT2D eigenvalue weighted by Crippen LogP contribution is -2.42. The van der Waals surface area contributed by atoms with Crippen LogP contribution in [-0.4, -0.2) is 51.1 Å². The smallest absolute Gasteiger partial charge is 0.251 e. The summed E-state index contributed by atoms with van der Waals surface area (Å²) in [6, 6.07) is 6.69. The lowest BCUT2D eigenvalue weighted by molar-refractivity contribution is 0.0956. The fourth-order valence-corrected chi connectivity index (χ4v) is 4.17. The van der Waals surface area contributed by atoms with Gasteiger partial charge in [0.05, 0.1) is 12.9 Å². The Labute approximate surface area is 137 Å². The van der Waals surface area contributed by atoms with E-state index in [1.165, 1.54) is 0 Å². The maximum Gasteiger partial charge on any atom is 0.251 e. The summed E-state index contributed by atoms with van der Waals surface area (Å²) in [6.07, 6.45) is 1.97. The summed E-state index contributed by atoms with van der Waals surface area (Å²) in [7, 11) is -1.75. The van der Waals surface area contributed by atoms with Gasteiger partial charge in [0.25, 0.3) is 5.91 Å². The Hall–Kier alpha value is -1.60. The highest BCUT2D eigenvalue weighted by Crippen LogP contribution is 2.18. The van der Waals surface area contributed by atoms with Crippen LogP contribution in [0.2, 0.25) is 0 Å². The van der Waals surface area contributed by atoms with E-state index in [4.69, 9.17) is 4.74 Å². The van der Waals surface area contributed by atoms with Gasteiger partial charge in [0.2, 0.25) is 10.0 Å². The molecule has 1 amide bonds. The fraction of sp³-hybridized carbons (Fsp3) is 0.562. The molecule has 1 aromatic carbocycles. The molecule has 1 aromatic rings. The first-order chi connectivity index (χ1) is 10.9. The Bertz CT molecular complexity index is 628. The number of nitrogens with one attached hydrogen (secondary N) is 1. The first-order valence-electron chi connectivity index (χ1n) is 7.82. The molecule has 1 N–H and O–H groups in total. The number of hydrogen-bond donors (Lipinski definition) is 1. The lowest BCUT2D eigenvalue weighted by Gasteiger charge is -2.30. The largest absolute Gasteiger partial charge is 0.497 e. The molecule has 0 aromatic heterocycles. The van der Waals surface area contributed by atoms with Crippen LogP contribution in [0.5, 0.6) is 5.75 Å². The summed E-state index contributed by atoms with van der Waals surface area (Å²) < 4.78 is 31.2. The fourth-order valence-electron chi connectivity index (χ4n) is 2.67. The zero-order valence-corrected chi connectivity index (χ0v) is 14.4. The minimum Gasteiger partial charge on any atom is -0.497 e. The number of amides is 1. The summed E-state index contributed by atoms with van der Waals surface area (Å²) in [5, 5.41) is 2.66. The normalized spacial score (nSPS) is 19.3. The number of sulfonamides is 1. The van der Waals surface area contributed by atoms with Crippen molar-refractivity contribution >= 4 is 15.9 Å². The molecule has 2 rings (SSSR count). The van der Waals surface area contributed by atoms with Gasteiger partial charge in [-0.25, -0.2) is 12.7 Å². The van der Waals surface area contributed by atoms with Gasteiger partial charge < -0.3 is 10.1 Å². The Morgan fingerprint density at radius 2 is 2.04 bits per heavy atom. The van der Waals surface area contributed by atoms with Crippen LogP contribution in [0.15, 0.2) is 24.3 Å². The molecule has 0 bridgehead atoms. The first-order valence-corrected chi connectivity index (χ1v) is 9.43. The van der Waals surface area contributed by atoms with E-state index in [9.17, 15) is 13.2 Å². The Kier molecular flexibility index (Phi) is 6.01. The Morgan fingerprint density at radius 1 is 1.35 bits per heavy atom. The summed E-state index contributed by atoms with van der Waals surface area (Å²) >= 11 is 0. The second-order valence-electron chi connectivity index (χ2n) is 5.91. The second-order valence-corrected chi connectivity index (χ2v) is 7.99. The van der Waals surface area contributed by atoms with Crippen LogP contribution in [-0.2, 0) is 10.0 Å². The lowest BCUT2D eigenvalue weighted by atomic mass is 10.0. The van der Waals surface area contributed by atoms with Gasteiger partial charge in [0.1, 0.15) is 5.75 Å². The maximum absolute atomic E-state index is 12.3. The number of rotatable bonds is 6. The molecule has 0 saturated carbocycles. The van der Waals surface area contributed by atoms with E-state index in [-0.39, 0.29) is 18.2 Å². The molecular weight excluding hydrogens is 316 g/mol. The molecule has 7 heteroatoms. The minimum atomic E-state index is -3.31. The Morgan fingerprint density at radius 3 is 2.65 bits per heavy atom. The molecule has 0 spiro atoms. The number of piperidine rings is 1. The topological polar surface area (TPSA) is 75.7 Å². The predicted octanol–water partition coefficient (Wildman–Crippen LogP) is 1.49. The number of benzene rings is 1. The summed E-state index contributed by atoms with van der Waals surface area (Å²) in [5.41, 5.74) is 0.481. The van der Waals surface area contributed by atoms with Crippen molar-refractivity contribution in [3.05, 3.63) is 29.8 Å². The van der Waals surface area contributed by atoms with Gasteiger partial charge in [-0.15, -0.1) is 0 Å². The molecule has 1 aliphatic rings. The van der Waals surface area contributed by atoms with Crippen LogP contribution < -0.4 is 10.1 Å². The molecule has 1 saturated heterocycles. The van der Waals surface area contributed by atoms with Crippen LogP contribution in [0.4, 0.5) is 0 Å². The highest BCUT2D eigenvalue weighted by atomic mass is 32.2. The van der Waals surface area contributed by atoms with Gasteiger partial charge in [-0.05, 0) is 43.0 Å². The van der Waals surface area contributed by atoms with Crippen molar-refractivity contribution in [3.63, 3.8) is 0 Å². The van der Waals surface area contributed by atoms with E-state index in [0.29, 0.717) is 30.3 Å². The quantitative estimate of drug-likeness (QED) is 0.851. The molecule has 1 heterocycles. The van der Waals surface area contributed by atoms with Crippen LogP contribution in [0, 0.1) is 5.92 Å². The van der Waals surface area contributed by atoms with Gasteiger partial charge >= 0.3 is 0 Å². The summed E-state index contributed by atoms with van der Waals surface area (Å²) in [5.74, 6) is 0.715. The van der Waals surface area contributed by atoms with E-state index in [1.54, 1.807) is 35.7 Å². The highest BCUT2D eigenvalue weighted by molar-refractivity contribution is 7.89. The monoisotopic (exact) mass is 340 g/mol. The van der Waals surface area contributed by atoms with Gasteiger partial charge in [0.15, 0.2) is 0 Å². The highest BCUT2D eigenvalue weighted by Gasteiger charge is 2.26. The first kappa shape index (κ1) is 17.7. The molecule has 1 aliphatic heterocycles. The van der Waals surface area contributed by atoms with Gasteiger partial charge in [0, 0.05) is 25.2 Å². The molecule has 23 heavy (non-hydrogen) atoms. The third-order valence-electron chi connectivity index (χ3n) is 4.01. The van der Waals surface area contributed by atoms with E-state index in [1.807, 2.05) is 0 Å². The minimum absolute atomic E-state index is 0.0678. The van der Waals surface area contributed by atoms with Crippen molar-refractivity contribution < 1.29 is 17.9 Å². The van der Waals surface area contributed by atoms with E-state index >= 15 is 0 Å². The van der Waals surface area contributed by atoms with Crippen molar-refractivity contribution in [1.82, 2.24) is 9.62 Å². The number of carbonyl (C=O) groups excluding carboxylic acids is 1. The number of carbonyl (C=O) groups is 1. The second kappa shape index (κ2) is 7.79. The predicted molar refractivity (Wildman–Crippen MR) is 89.1 cm³/mol. The van der Waals surface area contributed by atoms with Crippen molar-refractivity contribution in [3.8, 4) is 5.75 Å². The van der Waals surface area contributed by atoms with E-state index in [0.717, 1.165) is 12.8 Å². The SMILES string of the molecule is COc1ccc(C(=O)NCCS(=O)(=O)N2CCCC(C)C2)cc1. The average Bonchev–Trinajstić information content (AvgIpc) is 2.54.